The minimum absolute atomic E-state index is 0.0438. The van der Waals surface area contributed by atoms with E-state index in [1.54, 1.807) is 11.3 Å². The van der Waals surface area contributed by atoms with E-state index in [0.717, 1.165) is 27.5 Å². The normalized spacial score (nSPS) is 12.3. The van der Waals surface area contributed by atoms with E-state index in [1.165, 1.54) is 22.2 Å². The fourth-order valence-electron chi connectivity index (χ4n) is 2.40. The minimum atomic E-state index is 0.0438. The highest BCUT2D eigenvalue weighted by Crippen LogP contribution is 2.36. The van der Waals surface area contributed by atoms with E-state index in [-0.39, 0.29) is 11.9 Å². The molecule has 25 heavy (non-hydrogen) atoms. The van der Waals surface area contributed by atoms with Gasteiger partial charge in [-0.2, -0.15) is 0 Å². The molecule has 0 radical (unpaired) electrons. The first kappa shape index (κ1) is 17.9. The second kappa shape index (κ2) is 7.97. The third-order valence-corrected chi connectivity index (χ3v) is 5.96. The number of fused-ring (bicyclic) bond motifs is 1. The Balaban J connectivity index is 1.85. The van der Waals surface area contributed by atoms with Gasteiger partial charge >= 0.3 is 0 Å². The molecule has 2 aromatic heterocycles. The first-order chi connectivity index (χ1) is 12.1. The Morgan fingerprint density at radius 1 is 1.28 bits per heavy atom. The Morgan fingerprint density at radius 2 is 2.04 bits per heavy atom. The van der Waals surface area contributed by atoms with Crippen LogP contribution in [-0.2, 0) is 4.79 Å². The predicted molar refractivity (Wildman–Crippen MR) is 106 cm³/mol. The summed E-state index contributed by atoms with van der Waals surface area (Å²) in [5.41, 5.74) is 1.17. The second-order valence-electron chi connectivity index (χ2n) is 5.94. The van der Waals surface area contributed by atoms with Crippen molar-refractivity contribution in [3.63, 3.8) is 0 Å². The van der Waals surface area contributed by atoms with Gasteiger partial charge in [0, 0.05) is 16.3 Å². The molecule has 0 saturated heterocycles. The number of carbonyl (C=O) groups is 1. The molecular weight excluding hydrogens is 350 g/mol. The molecule has 0 saturated carbocycles. The number of hydrogen-bond donors (Lipinski definition) is 1. The molecule has 0 bridgehead atoms. The van der Waals surface area contributed by atoms with Crippen molar-refractivity contribution in [2.45, 2.75) is 38.3 Å². The van der Waals surface area contributed by atoms with E-state index in [2.05, 4.69) is 40.4 Å². The summed E-state index contributed by atoms with van der Waals surface area (Å²) in [6, 6.07) is 12.6. The van der Waals surface area contributed by atoms with Gasteiger partial charge in [-0.05, 0) is 31.9 Å². The van der Waals surface area contributed by atoms with Crippen LogP contribution in [0.2, 0.25) is 0 Å². The fourth-order valence-corrected chi connectivity index (χ4v) is 4.41. The van der Waals surface area contributed by atoms with Crippen molar-refractivity contribution in [3.05, 3.63) is 42.2 Å². The van der Waals surface area contributed by atoms with E-state index in [1.807, 2.05) is 32.0 Å². The average molecular weight is 372 g/mol. The zero-order valence-electron chi connectivity index (χ0n) is 14.6. The molecule has 0 unspecified atom stereocenters. The SMILES string of the molecule is CC[C@@H](C)NC(=O)CSc1nc(C)nc2sc(-c3ccccc3)cc12. The van der Waals surface area contributed by atoms with E-state index >= 15 is 0 Å². The third-order valence-electron chi connectivity index (χ3n) is 3.89. The summed E-state index contributed by atoms with van der Waals surface area (Å²) in [5, 5.41) is 4.89. The maximum atomic E-state index is 12.1. The van der Waals surface area contributed by atoms with Gasteiger partial charge in [-0.25, -0.2) is 9.97 Å². The molecule has 0 aliphatic rings. The van der Waals surface area contributed by atoms with Gasteiger partial charge in [0.15, 0.2) is 0 Å². The molecule has 0 aliphatic carbocycles. The minimum Gasteiger partial charge on any atom is -0.353 e. The van der Waals surface area contributed by atoms with Crippen LogP contribution in [0.4, 0.5) is 0 Å². The van der Waals surface area contributed by atoms with E-state index < -0.39 is 0 Å². The van der Waals surface area contributed by atoms with Crippen LogP contribution in [0.1, 0.15) is 26.1 Å². The third kappa shape index (κ3) is 4.38. The van der Waals surface area contributed by atoms with E-state index in [9.17, 15) is 4.79 Å². The number of thioether (sulfide) groups is 1. The topological polar surface area (TPSA) is 54.9 Å². The van der Waals surface area contributed by atoms with Crippen LogP contribution in [0.3, 0.4) is 0 Å². The Hall–Kier alpha value is -1.92. The highest BCUT2D eigenvalue weighted by atomic mass is 32.2. The number of carbonyl (C=O) groups excluding carboxylic acids is 1. The summed E-state index contributed by atoms with van der Waals surface area (Å²) < 4.78 is 0. The zero-order chi connectivity index (χ0) is 17.8. The molecule has 0 spiro atoms. The lowest BCUT2D eigenvalue weighted by Crippen LogP contribution is -2.33. The van der Waals surface area contributed by atoms with Crippen molar-refractivity contribution in [1.29, 1.82) is 0 Å². The standard InChI is InChI=1S/C19H21N3OS2/c1-4-12(2)20-17(23)11-24-18-15-10-16(14-8-6-5-7-9-14)25-19(15)22-13(3)21-18/h5-10,12H,4,11H2,1-3H3,(H,20,23)/t12-/m1/s1. The van der Waals surface area contributed by atoms with Crippen LogP contribution in [0, 0.1) is 6.92 Å². The van der Waals surface area contributed by atoms with Crippen LogP contribution in [0.25, 0.3) is 20.7 Å². The Bertz CT molecular complexity index is 877. The number of hydrogen-bond acceptors (Lipinski definition) is 5. The number of nitrogens with one attached hydrogen (secondary N) is 1. The quantitative estimate of drug-likeness (QED) is 0.505. The first-order valence-electron chi connectivity index (χ1n) is 8.32. The van der Waals surface area contributed by atoms with Gasteiger partial charge in [-0.15, -0.1) is 11.3 Å². The smallest absolute Gasteiger partial charge is 0.230 e. The maximum absolute atomic E-state index is 12.1. The first-order valence-corrected chi connectivity index (χ1v) is 10.1. The van der Waals surface area contributed by atoms with Crippen molar-refractivity contribution in [1.82, 2.24) is 15.3 Å². The van der Waals surface area contributed by atoms with Crippen molar-refractivity contribution in [3.8, 4) is 10.4 Å². The molecule has 3 aromatic rings. The summed E-state index contributed by atoms with van der Waals surface area (Å²) >= 11 is 3.14. The van der Waals surface area contributed by atoms with Crippen LogP contribution in [0.5, 0.6) is 0 Å². The van der Waals surface area contributed by atoms with Gasteiger partial charge in [-0.3, -0.25) is 4.79 Å². The highest BCUT2D eigenvalue weighted by molar-refractivity contribution is 8.00. The molecule has 6 heteroatoms. The average Bonchev–Trinajstić information content (AvgIpc) is 3.04. The molecule has 0 aliphatic heterocycles. The number of amides is 1. The highest BCUT2D eigenvalue weighted by Gasteiger charge is 2.14. The van der Waals surface area contributed by atoms with Crippen LogP contribution in [0.15, 0.2) is 41.4 Å². The number of benzene rings is 1. The molecule has 130 valence electrons. The van der Waals surface area contributed by atoms with Gasteiger partial charge < -0.3 is 5.32 Å². The van der Waals surface area contributed by atoms with Gasteiger partial charge in [0.05, 0.1) is 5.75 Å². The monoisotopic (exact) mass is 371 g/mol. The number of thiophene rings is 1. The van der Waals surface area contributed by atoms with Crippen LogP contribution >= 0.6 is 23.1 Å². The summed E-state index contributed by atoms with van der Waals surface area (Å²) in [7, 11) is 0. The Morgan fingerprint density at radius 3 is 2.76 bits per heavy atom. The van der Waals surface area contributed by atoms with E-state index in [4.69, 9.17) is 0 Å². The number of aryl methyl sites for hydroxylation is 1. The van der Waals surface area contributed by atoms with E-state index in [0.29, 0.717) is 5.75 Å². The van der Waals surface area contributed by atoms with Crippen LogP contribution in [-0.4, -0.2) is 27.7 Å². The van der Waals surface area contributed by atoms with Gasteiger partial charge in [0.1, 0.15) is 15.7 Å². The largest absolute Gasteiger partial charge is 0.353 e. The number of aromatic nitrogens is 2. The predicted octanol–water partition coefficient (Wildman–Crippen LogP) is 4.67. The lowest BCUT2D eigenvalue weighted by atomic mass is 10.2. The summed E-state index contributed by atoms with van der Waals surface area (Å²) in [6.45, 7) is 5.97. The van der Waals surface area contributed by atoms with Crippen molar-refractivity contribution < 1.29 is 4.79 Å². The fraction of sp³-hybridized carbons (Fsp3) is 0.316. The number of rotatable bonds is 6. The number of nitrogens with zero attached hydrogens (tertiary/aromatic N) is 2. The van der Waals surface area contributed by atoms with Crippen LogP contribution < -0.4 is 5.32 Å². The Kier molecular flexibility index (Phi) is 5.71. The molecular formula is C19H21N3OS2. The summed E-state index contributed by atoms with van der Waals surface area (Å²) in [5.74, 6) is 1.15. The van der Waals surface area contributed by atoms with Gasteiger partial charge in [-0.1, -0.05) is 49.0 Å². The summed E-state index contributed by atoms with van der Waals surface area (Å²) in [4.78, 5) is 23.3. The van der Waals surface area contributed by atoms with Crippen molar-refractivity contribution in [2.75, 3.05) is 5.75 Å². The maximum Gasteiger partial charge on any atom is 0.230 e. The molecule has 1 N–H and O–H groups in total. The molecule has 2 heterocycles. The molecule has 1 atom stereocenters. The Labute approximate surface area is 156 Å². The van der Waals surface area contributed by atoms with Gasteiger partial charge in [0.25, 0.3) is 0 Å². The lowest BCUT2D eigenvalue weighted by molar-refractivity contribution is -0.119. The lowest BCUT2D eigenvalue weighted by Gasteiger charge is -2.11. The molecule has 0 fully saturated rings. The molecule has 1 amide bonds. The van der Waals surface area contributed by atoms with Gasteiger partial charge in [0.2, 0.25) is 5.91 Å². The molecule has 4 nitrogen and oxygen atoms in total. The molecule has 1 aromatic carbocycles. The van der Waals surface area contributed by atoms with Crippen molar-refractivity contribution >= 4 is 39.2 Å². The zero-order valence-corrected chi connectivity index (χ0v) is 16.2. The summed E-state index contributed by atoms with van der Waals surface area (Å²) in [6.07, 6.45) is 0.929. The molecule has 3 rings (SSSR count). The second-order valence-corrected chi connectivity index (χ2v) is 7.93. The van der Waals surface area contributed by atoms with Crippen molar-refractivity contribution in [2.24, 2.45) is 0 Å².